The topological polar surface area (TPSA) is 74.2 Å². The van der Waals surface area contributed by atoms with Crippen molar-refractivity contribution in [3.8, 4) is 6.07 Å². The molecular weight excluding hydrogens is 266 g/mol. The molecule has 0 bridgehead atoms. The summed E-state index contributed by atoms with van der Waals surface area (Å²) in [6.07, 6.45) is 1.83. The Kier molecular flexibility index (Phi) is 7.80. The van der Waals surface area contributed by atoms with E-state index in [0.29, 0.717) is 19.6 Å². The second kappa shape index (κ2) is 9.70. The standard InChI is InChI=1S/C16H21N3O2/c1-13(7-9-17)14-3-5-15(6-4-14)19-16(20)8-11-21-12-10-18-2/h3-7,18H,8,10-12H2,1-2H3,(H,19,20)/b13-7+. The maximum Gasteiger partial charge on any atom is 0.226 e. The molecule has 0 aromatic heterocycles. The van der Waals surface area contributed by atoms with Crippen molar-refractivity contribution in [2.75, 3.05) is 32.1 Å². The number of ether oxygens (including phenoxy) is 1. The lowest BCUT2D eigenvalue weighted by Crippen LogP contribution is -2.18. The van der Waals surface area contributed by atoms with Crippen molar-refractivity contribution >= 4 is 17.2 Å². The molecule has 0 radical (unpaired) electrons. The molecule has 0 aliphatic heterocycles. The Bertz CT molecular complexity index is 515. The molecule has 1 aromatic rings. The van der Waals surface area contributed by atoms with Crippen molar-refractivity contribution in [1.82, 2.24) is 5.32 Å². The largest absolute Gasteiger partial charge is 0.380 e. The summed E-state index contributed by atoms with van der Waals surface area (Å²) in [5, 5.41) is 14.4. The molecule has 2 N–H and O–H groups in total. The number of nitrogens with zero attached hydrogens (tertiary/aromatic N) is 1. The van der Waals surface area contributed by atoms with Gasteiger partial charge in [-0.25, -0.2) is 0 Å². The van der Waals surface area contributed by atoms with Crippen LogP contribution in [0.4, 0.5) is 5.69 Å². The van der Waals surface area contributed by atoms with E-state index >= 15 is 0 Å². The Morgan fingerprint density at radius 1 is 1.33 bits per heavy atom. The van der Waals surface area contributed by atoms with Crippen molar-refractivity contribution in [2.24, 2.45) is 0 Å². The molecule has 5 heteroatoms. The molecule has 0 spiro atoms. The number of amides is 1. The number of likely N-dealkylation sites (N-methyl/N-ethyl adjacent to an activating group) is 1. The Hall–Kier alpha value is -2.16. The van der Waals surface area contributed by atoms with E-state index in [1.807, 2.05) is 44.3 Å². The molecule has 21 heavy (non-hydrogen) atoms. The number of anilines is 1. The molecular formula is C16H21N3O2. The lowest BCUT2D eigenvalue weighted by atomic mass is 10.1. The monoisotopic (exact) mass is 287 g/mol. The average molecular weight is 287 g/mol. The highest BCUT2D eigenvalue weighted by molar-refractivity contribution is 5.90. The van der Waals surface area contributed by atoms with Crippen LogP contribution in [0.1, 0.15) is 18.9 Å². The van der Waals surface area contributed by atoms with Crippen LogP contribution in [-0.2, 0) is 9.53 Å². The van der Waals surface area contributed by atoms with Crippen molar-refractivity contribution in [2.45, 2.75) is 13.3 Å². The van der Waals surface area contributed by atoms with Gasteiger partial charge in [-0.2, -0.15) is 5.26 Å². The zero-order chi connectivity index (χ0) is 15.5. The maximum atomic E-state index is 11.7. The number of benzene rings is 1. The summed E-state index contributed by atoms with van der Waals surface area (Å²) >= 11 is 0. The summed E-state index contributed by atoms with van der Waals surface area (Å²) in [7, 11) is 1.85. The number of allylic oxidation sites excluding steroid dienone is 2. The summed E-state index contributed by atoms with van der Waals surface area (Å²) < 4.78 is 5.30. The van der Waals surface area contributed by atoms with Gasteiger partial charge < -0.3 is 15.4 Å². The number of carbonyl (C=O) groups excluding carboxylic acids is 1. The molecule has 0 saturated heterocycles. The lowest BCUT2D eigenvalue weighted by molar-refractivity contribution is -0.117. The van der Waals surface area contributed by atoms with Crippen molar-refractivity contribution in [1.29, 1.82) is 5.26 Å². The third-order valence-corrected chi connectivity index (χ3v) is 2.87. The molecule has 112 valence electrons. The number of rotatable bonds is 8. The van der Waals surface area contributed by atoms with Crippen LogP contribution in [0, 0.1) is 11.3 Å². The van der Waals surface area contributed by atoms with Gasteiger partial charge in [0.25, 0.3) is 0 Å². The predicted molar refractivity (Wildman–Crippen MR) is 83.7 cm³/mol. The van der Waals surface area contributed by atoms with Gasteiger partial charge in [-0.05, 0) is 37.2 Å². The van der Waals surface area contributed by atoms with E-state index in [4.69, 9.17) is 10.00 Å². The quantitative estimate of drug-likeness (QED) is 0.567. The minimum Gasteiger partial charge on any atom is -0.380 e. The number of hydrogen-bond donors (Lipinski definition) is 2. The first-order valence-corrected chi connectivity index (χ1v) is 6.86. The molecule has 0 aliphatic rings. The summed E-state index contributed by atoms with van der Waals surface area (Å²) in [6, 6.07) is 9.40. The fourth-order valence-electron chi connectivity index (χ4n) is 1.66. The van der Waals surface area contributed by atoms with Gasteiger partial charge in [0.2, 0.25) is 5.91 Å². The van der Waals surface area contributed by atoms with Crippen LogP contribution in [0.5, 0.6) is 0 Å². The van der Waals surface area contributed by atoms with Crippen LogP contribution in [0.15, 0.2) is 30.3 Å². The number of carbonyl (C=O) groups is 1. The summed E-state index contributed by atoms with van der Waals surface area (Å²) in [4.78, 5) is 11.7. The highest BCUT2D eigenvalue weighted by Gasteiger charge is 2.03. The fourth-order valence-corrected chi connectivity index (χ4v) is 1.66. The Morgan fingerprint density at radius 2 is 2.05 bits per heavy atom. The number of nitrogens with one attached hydrogen (secondary N) is 2. The van der Waals surface area contributed by atoms with Crippen molar-refractivity contribution in [3.05, 3.63) is 35.9 Å². The molecule has 0 unspecified atom stereocenters. The highest BCUT2D eigenvalue weighted by atomic mass is 16.5. The van der Waals surface area contributed by atoms with Crippen LogP contribution < -0.4 is 10.6 Å². The molecule has 0 fully saturated rings. The minimum absolute atomic E-state index is 0.0727. The van der Waals surface area contributed by atoms with Crippen LogP contribution in [0.3, 0.4) is 0 Å². The Morgan fingerprint density at radius 3 is 2.67 bits per heavy atom. The van der Waals surface area contributed by atoms with Crippen LogP contribution in [0.2, 0.25) is 0 Å². The highest BCUT2D eigenvalue weighted by Crippen LogP contribution is 2.16. The number of hydrogen-bond acceptors (Lipinski definition) is 4. The van der Waals surface area contributed by atoms with Crippen LogP contribution >= 0.6 is 0 Å². The normalized spacial score (nSPS) is 11.0. The SMILES string of the molecule is CNCCOCCC(=O)Nc1ccc(/C(C)=C/C#N)cc1. The third kappa shape index (κ3) is 6.70. The Labute approximate surface area is 125 Å². The van der Waals surface area contributed by atoms with E-state index in [1.54, 1.807) is 0 Å². The summed E-state index contributed by atoms with van der Waals surface area (Å²) in [6.45, 7) is 3.66. The van der Waals surface area contributed by atoms with Gasteiger partial charge >= 0.3 is 0 Å². The van der Waals surface area contributed by atoms with Gasteiger partial charge in [0.05, 0.1) is 25.7 Å². The van der Waals surface area contributed by atoms with Gasteiger partial charge in [-0.1, -0.05) is 12.1 Å². The zero-order valence-electron chi connectivity index (χ0n) is 12.5. The average Bonchev–Trinajstić information content (AvgIpc) is 2.48. The number of nitriles is 1. The zero-order valence-corrected chi connectivity index (χ0v) is 12.5. The second-order valence-electron chi connectivity index (χ2n) is 4.55. The van der Waals surface area contributed by atoms with Gasteiger partial charge in [0.15, 0.2) is 0 Å². The van der Waals surface area contributed by atoms with E-state index in [-0.39, 0.29) is 5.91 Å². The molecule has 0 atom stereocenters. The maximum absolute atomic E-state index is 11.7. The second-order valence-corrected chi connectivity index (χ2v) is 4.55. The van der Waals surface area contributed by atoms with E-state index in [0.717, 1.165) is 23.4 Å². The first-order chi connectivity index (χ1) is 10.2. The molecule has 0 saturated carbocycles. The third-order valence-electron chi connectivity index (χ3n) is 2.87. The van der Waals surface area contributed by atoms with E-state index in [9.17, 15) is 4.79 Å². The van der Waals surface area contributed by atoms with Gasteiger partial charge in [0, 0.05) is 18.3 Å². The predicted octanol–water partition coefficient (Wildman–Crippen LogP) is 2.18. The smallest absolute Gasteiger partial charge is 0.226 e. The van der Waals surface area contributed by atoms with Gasteiger partial charge in [-0.3, -0.25) is 4.79 Å². The van der Waals surface area contributed by atoms with E-state index < -0.39 is 0 Å². The molecule has 1 aromatic carbocycles. The van der Waals surface area contributed by atoms with Crippen molar-refractivity contribution < 1.29 is 9.53 Å². The van der Waals surface area contributed by atoms with Crippen LogP contribution in [-0.4, -0.2) is 32.7 Å². The van der Waals surface area contributed by atoms with Gasteiger partial charge in [-0.15, -0.1) is 0 Å². The molecule has 1 rings (SSSR count). The molecule has 0 aliphatic carbocycles. The first-order valence-electron chi connectivity index (χ1n) is 6.86. The van der Waals surface area contributed by atoms with Crippen LogP contribution in [0.25, 0.3) is 5.57 Å². The van der Waals surface area contributed by atoms with Gasteiger partial charge in [0.1, 0.15) is 0 Å². The summed E-state index contributed by atoms with van der Waals surface area (Å²) in [5.41, 5.74) is 2.60. The molecule has 5 nitrogen and oxygen atoms in total. The summed E-state index contributed by atoms with van der Waals surface area (Å²) in [5.74, 6) is -0.0727. The minimum atomic E-state index is -0.0727. The molecule has 1 amide bonds. The van der Waals surface area contributed by atoms with E-state index in [1.165, 1.54) is 6.08 Å². The molecule has 0 heterocycles. The van der Waals surface area contributed by atoms with E-state index in [2.05, 4.69) is 10.6 Å². The fraction of sp³-hybridized carbons (Fsp3) is 0.375. The Balaban J connectivity index is 2.40. The lowest BCUT2D eigenvalue weighted by Gasteiger charge is -2.07. The van der Waals surface area contributed by atoms with Crippen molar-refractivity contribution in [3.63, 3.8) is 0 Å². The first kappa shape index (κ1) is 16.9.